The number of ether oxygens (including phenoxy) is 2. The van der Waals surface area contributed by atoms with Gasteiger partial charge in [0.15, 0.2) is 0 Å². The van der Waals surface area contributed by atoms with Gasteiger partial charge >= 0.3 is 5.97 Å². The molecule has 5 aromatic rings. The van der Waals surface area contributed by atoms with Crippen LogP contribution in [0.15, 0.2) is 146 Å². The second-order valence-electron chi connectivity index (χ2n) is 13.1. The van der Waals surface area contributed by atoms with Crippen LogP contribution < -0.4 is 0 Å². The second kappa shape index (κ2) is 46.4. The fourth-order valence-corrected chi connectivity index (χ4v) is 2.95. The van der Waals surface area contributed by atoms with Crippen molar-refractivity contribution >= 4 is 16.7 Å². The maximum atomic E-state index is 10.8. The number of esters is 1. The van der Waals surface area contributed by atoms with E-state index in [0.29, 0.717) is 23.0 Å². The van der Waals surface area contributed by atoms with Crippen molar-refractivity contribution in [3.63, 3.8) is 0 Å². The number of methoxy groups -OCH3 is 2. The van der Waals surface area contributed by atoms with Crippen molar-refractivity contribution in [3.05, 3.63) is 172 Å². The van der Waals surface area contributed by atoms with Crippen LogP contribution in [0.4, 0.5) is 0 Å². The maximum absolute atomic E-state index is 10.8. The number of fused-ring (bicyclic) bond motifs is 1. The molecule has 0 spiro atoms. The number of rotatable bonds is 3. The average Bonchev–Trinajstić information content (AvgIpc) is 3.18. The van der Waals surface area contributed by atoms with Gasteiger partial charge in [-0.05, 0) is 39.3 Å². The Bertz CT molecular complexity index is 1310. The normalized spacial score (nSPS) is 8.69. The van der Waals surface area contributed by atoms with E-state index in [2.05, 4.69) is 109 Å². The number of carbonyl (C=O) groups excluding carboxylic acids is 1. The van der Waals surface area contributed by atoms with Gasteiger partial charge in [0.1, 0.15) is 0 Å². The van der Waals surface area contributed by atoms with Crippen molar-refractivity contribution < 1.29 is 79.7 Å². The first-order chi connectivity index (χ1) is 24.4. The van der Waals surface area contributed by atoms with Crippen LogP contribution >= 0.6 is 0 Å². The summed E-state index contributed by atoms with van der Waals surface area (Å²) in [4.78, 5) is 10.8. The molecule has 0 unspecified atom stereocenters. The van der Waals surface area contributed by atoms with E-state index in [-0.39, 0.29) is 86.2 Å². The van der Waals surface area contributed by atoms with Gasteiger partial charge in [-0.15, -0.1) is 0 Å². The third kappa shape index (κ3) is 46.3. The fraction of sp³-hybridized carbons (Fsp3) is 0.380. The minimum atomic E-state index is -0.291. The summed E-state index contributed by atoms with van der Waals surface area (Å²) >= 11 is 0. The van der Waals surface area contributed by atoms with E-state index < -0.39 is 0 Å². The zero-order valence-electron chi connectivity index (χ0n) is 37.9. The van der Waals surface area contributed by atoms with Crippen LogP contribution in [-0.2, 0) is 81.5 Å². The molecule has 3 nitrogen and oxygen atoms in total. The molecule has 304 valence electrons. The minimum Gasteiger partial charge on any atom is -0.465 e. The summed E-state index contributed by atoms with van der Waals surface area (Å²) < 4.78 is 9.43. The number of hydrogen-bond acceptors (Lipinski definition) is 3. The van der Waals surface area contributed by atoms with E-state index in [1.54, 1.807) is 31.4 Å². The molecular weight excluding hydrogens is 826 g/mol. The van der Waals surface area contributed by atoms with Gasteiger partial charge in [-0.1, -0.05) is 229 Å². The van der Waals surface area contributed by atoms with Gasteiger partial charge in [0.25, 0.3) is 0 Å². The molecular formula is C50H78O3Y2-2. The molecule has 0 saturated heterocycles. The molecule has 5 rings (SSSR count). The summed E-state index contributed by atoms with van der Waals surface area (Å²) in [7, 11) is 3.07. The smallest absolute Gasteiger partial charge is 0.337 e. The SMILES string of the molecule is CC.CC.CCC(C)(C)C.CCC(C)(C)C.COC(=O)c1ccccc1.COCc1ccccc1.[CH3-].[CH3-].[Y].[Y].c1ccc2ccccc2c1.c1ccccc1. The van der Waals surface area contributed by atoms with Crippen LogP contribution in [-0.4, -0.2) is 20.2 Å². The van der Waals surface area contributed by atoms with E-state index >= 15 is 0 Å². The monoisotopic (exact) mass is 904 g/mol. The van der Waals surface area contributed by atoms with Crippen molar-refractivity contribution in [1.82, 2.24) is 0 Å². The molecule has 0 fully saturated rings. The molecule has 0 heterocycles. The Hall–Kier alpha value is -2.00. The molecule has 0 amide bonds. The van der Waals surface area contributed by atoms with Crippen LogP contribution in [0.5, 0.6) is 0 Å². The van der Waals surface area contributed by atoms with E-state index in [9.17, 15) is 4.79 Å². The summed E-state index contributed by atoms with van der Waals surface area (Å²) in [6.07, 6.45) is 2.54. The molecule has 2 radical (unpaired) electrons. The topological polar surface area (TPSA) is 35.5 Å². The molecule has 0 saturated carbocycles. The van der Waals surface area contributed by atoms with Gasteiger partial charge in [0.2, 0.25) is 0 Å². The molecule has 55 heavy (non-hydrogen) atoms. The van der Waals surface area contributed by atoms with Crippen LogP contribution in [0.25, 0.3) is 10.8 Å². The van der Waals surface area contributed by atoms with Crippen LogP contribution in [0.2, 0.25) is 0 Å². The third-order valence-corrected chi connectivity index (χ3v) is 6.80. The number of benzene rings is 5. The van der Waals surface area contributed by atoms with Gasteiger partial charge in [-0.3, -0.25) is 0 Å². The Labute approximate surface area is 392 Å². The largest absolute Gasteiger partial charge is 0.465 e. The van der Waals surface area contributed by atoms with Gasteiger partial charge in [-0.2, -0.15) is 0 Å². The van der Waals surface area contributed by atoms with Crippen molar-refractivity contribution in [3.8, 4) is 0 Å². The molecule has 0 aliphatic carbocycles. The Morgan fingerprint density at radius 2 is 0.709 bits per heavy atom. The molecule has 0 aliphatic rings. The van der Waals surface area contributed by atoms with Crippen molar-refractivity contribution in [2.45, 2.75) is 103 Å². The summed E-state index contributed by atoms with van der Waals surface area (Å²) in [5.41, 5.74) is 2.89. The van der Waals surface area contributed by atoms with Crippen LogP contribution in [0.1, 0.15) is 112 Å². The standard InChI is InChI=1S/C10H8.C8H8O2.C8H10O.C6H6.2C6H14.2C2H6.2CH3.2Y/c1-2-6-10-8-4-3-7-9(10)5-1;1-10-8(9)7-5-3-2-4-6-7;1-9-7-8-5-3-2-4-6-8;1-2-4-6-5-3-1;2*1-5-6(2,3)4;2*1-2;;;;/h1-8H;2-6H,1H3;2-6H,7H2,1H3;1-6H;2*5H2,1-4H3;2*1-2H3;2*1H3;;/q;;;;;;;;2*-1;;. The van der Waals surface area contributed by atoms with Gasteiger partial charge in [-0.25, -0.2) is 4.79 Å². The number of hydrogen-bond donors (Lipinski definition) is 0. The fourth-order valence-electron chi connectivity index (χ4n) is 2.95. The first kappa shape index (κ1) is 67.7. The predicted molar refractivity (Wildman–Crippen MR) is 240 cm³/mol. The molecule has 0 aromatic heterocycles. The summed E-state index contributed by atoms with van der Waals surface area (Å²) in [6.45, 7) is 26.6. The summed E-state index contributed by atoms with van der Waals surface area (Å²) in [6, 6.07) is 47.7. The molecule has 5 aromatic carbocycles. The van der Waals surface area contributed by atoms with Gasteiger partial charge in [0.05, 0.1) is 19.3 Å². The molecule has 0 N–H and O–H groups in total. The number of carbonyl (C=O) groups is 1. The van der Waals surface area contributed by atoms with Crippen LogP contribution in [0, 0.1) is 25.7 Å². The first-order valence-corrected chi connectivity index (χ1v) is 18.5. The zero-order chi connectivity index (χ0) is 39.4. The minimum absolute atomic E-state index is 0. The summed E-state index contributed by atoms with van der Waals surface area (Å²) in [5.74, 6) is -0.291. The Balaban J connectivity index is -0.0000000986. The Morgan fingerprint density at radius 1 is 0.473 bits per heavy atom. The molecule has 0 atom stereocenters. The van der Waals surface area contributed by atoms with Crippen molar-refractivity contribution in [2.75, 3.05) is 14.2 Å². The average molecular weight is 905 g/mol. The molecule has 0 aliphatic heterocycles. The maximum Gasteiger partial charge on any atom is 0.337 e. The van der Waals surface area contributed by atoms with Crippen LogP contribution in [0.3, 0.4) is 0 Å². The Kier molecular flexibility index (Phi) is 57.1. The Morgan fingerprint density at radius 3 is 0.945 bits per heavy atom. The van der Waals surface area contributed by atoms with E-state index in [1.165, 1.54) is 36.3 Å². The van der Waals surface area contributed by atoms with Gasteiger partial charge in [0, 0.05) is 72.5 Å². The van der Waals surface area contributed by atoms with Crippen molar-refractivity contribution in [2.24, 2.45) is 10.8 Å². The third-order valence-electron chi connectivity index (χ3n) is 6.80. The second-order valence-corrected chi connectivity index (χ2v) is 13.1. The predicted octanol–water partition coefficient (Wildman–Crippen LogP) is 15.7. The summed E-state index contributed by atoms with van der Waals surface area (Å²) in [5, 5.41) is 2.62. The zero-order valence-corrected chi connectivity index (χ0v) is 43.5. The first-order valence-electron chi connectivity index (χ1n) is 18.5. The quantitative estimate of drug-likeness (QED) is 0.134. The van der Waals surface area contributed by atoms with E-state index in [0.717, 1.165) is 0 Å². The van der Waals surface area contributed by atoms with E-state index in [4.69, 9.17) is 4.74 Å². The molecule has 0 bridgehead atoms. The van der Waals surface area contributed by atoms with Crippen molar-refractivity contribution in [1.29, 1.82) is 0 Å². The molecule has 5 heteroatoms. The van der Waals surface area contributed by atoms with Gasteiger partial charge < -0.3 is 24.3 Å². The van der Waals surface area contributed by atoms with E-state index in [1.807, 2.05) is 100 Å².